The molecule has 0 spiro atoms. The van der Waals surface area contributed by atoms with Gasteiger partial charge >= 0.3 is 6.03 Å². The van der Waals surface area contributed by atoms with Crippen molar-refractivity contribution < 1.29 is 9.53 Å². The average molecular weight is 326 g/mol. The van der Waals surface area contributed by atoms with Crippen LogP contribution < -0.4 is 10.6 Å². The van der Waals surface area contributed by atoms with Crippen LogP contribution in [-0.2, 0) is 11.3 Å². The molecule has 2 rings (SSSR count). The normalized spacial score (nSPS) is 24.0. The SMILES string of the molecule is Cc1csc(CNC(=O)NC[C@H](C)N2C[C@@H](C)O[C@@H](C)C2)n1. The molecule has 0 aromatic carbocycles. The summed E-state index contributed by atoms with van der Waals surface area (Å²) in [6.45, 7) is 11.2. The number of hydrogen-bond acceptors (Lipinski definition) is 5. The van der Waals surface area contributed by atoms with E-state index >= 15 is 0 Å². The first-order chi connectivity index (χ1) is 10.4. The summed E-state index contributed by atoms with van der Waals surface area (Å²) in [5.74, 6) is 0. The summed E-state index contributed by atoms with van der Waals surface area (Å²) < 4.78 is 5.73. The molecule has 3 atom stereocenters. The number of morpholine rings is 1. The second-order valence-electron chi connectivity index (χ2n) is 6.01. The Morgan fingerprint density at radius 2 is 2.14 bits per heavy atom. The molecule has 2 amide bonds. The summed E-state index contributed by atoms with van der Waals surface area (Å²) in [5, 5.41) is 8.68. The number of carbonyl (C=O) groups excluding carboxylic acids is 1. The molecule has 7 heteroatoms. The zero-order valence-corrected chi connectivity index (χ0v) is 14.6. The molecular formula is C15H26N4O2S. The van der Waals surface area contributed by atoms with E-state index in [0.717, 1.165) is 23.8 Å². The highest BCUT2D eigenvalue weighted by molar-refractivity contribution is 7.09. The fourth-order valence-corrected chi connectivity index (χ4v) is 3.36. The van der Waals surface area contributed by atoms with Gasteiger partial charge in [0, 0.05) is 36.8 Å². The molecule has 1 aromatic rings. The van der Waals surface area contributed by atoms with Gasteiger partial charge in [0.15, 0.2) is 0 Å². The van der Waals surface area contributed by atoms with Crippen LogP contribution in [0.3, 0.4) is 0 Å². The van der Waals surface area contributed by atoms with Gasteiger partial charge in [-0.2, -0.15) is 0 Å². The summed E-state index contributed by atoms with van der Waals surface area (Å²) in [6, 6.07) is 0.149. The largest absolute Gasteiger partial charge is 0.373 e. The van der Waals surface area contributed by atoms with Gasteiger partial charge in [0.1, 0.15) is 5.01 Å². The number of rotatable bonds is 5. The van der Waals surface area contributed by atoms with Crippen molar-refractivity contribution in [3.63, 3.8) is 0 Å². The Morgan fingerprint density at radius 3 is 2.73 bits per heavy atom. The molecule has 1 aliphatic rings. The van der Waals surface area contributed by atoms with Gasteiger partial charge in [0.05, 0.1) is 18.8 Å². The number of nitrogens with one attached hydrogen (secondary N) is 2. The molecule has 1 fully saturated rings. The van der Waals surface area contributed by atoms with E-state index in [-0.39, 0.29) is 18.2 Å². The summed E-state index contributed by atoms with van der Waals surface area (Å²) in [6.07, 6.45) is 0.487. The van der Waals surface area contributed by atoms with Crippen molar-refractivity contribution in [2.45, 2.75) is 52.5 Å². The molecule has 0 radical (unpaired) electrons. The summed E-state index contributed by atoms with van der Waals surface area (Å²) in [5.41, 5.74) is 0.992. The van der Waals surface area contributed by atoms with Crippen LogP contribution in [0.4, 0.5) is 4.79 Å². The second-order valence-corrected chi connectivity index (χ2v) is 6.95. The van der Waals surface area contributed by atoms with Crippen LogP contribution >= 0.6 is 11.3 Å². The molecule has 0 unspecified atom stereocenters. The van der Waals surface area contributed by atoms with E-state index in [9.17, 15) is 4.79 Å². The molecule has 2 N–H and O–H groups in total. The van der Waals surface area contributed by atoms with Crippen LogP contribution in [0, 0.1) is 6.92 Å². The third kappa shape index (κ3) is 5.23. The van der Waals surface area contributed by atoms with Crippen LogP contribution in [-0.4, -0.2) is 53.8 Å². The van der Waals surface area contributed by atoms with E-state index < -0.39 is 0 Å². The minimum atomic E-state index is -0.144. The summed E-state index contributed by atoms with van der Waals surface area (Å²) in [7, 11) is 0. The van der Waals surface area contributed by atoms with Crippen LogP contribution in [0.5, 0.6) is 0 Å². The van der Waals surface area contributed by atoms with E-state index in [1.807, 2.05) is 12.3 Å². The zero-order chi connectivity index (χ0) is 16.1. The first-order valence-electron chi connectivity index (χ1n) is 7.76. The van der Waals surface area contributed by atoms with Gasteiger partial charge in [0.2, 0.25) is 0 Å². The molecule has 22 heavy (non-hydrogen) atoms. The minimum Gasteiger partial charge on any atom is -0.373 e. The van der Waals surface area contributed by atoms with E-state index in [1.165, 1.54) is 0 Å². The van der Waals surface area contributed by atoms with Crippen LogP contribution in [0.25, 0.3) is 0 Å². The Labute approximate surface area is 136 Å². The molecule has 2 heterocycles. The highest BCUT2D eigenvalue weighted by Crippen LogP contribution is 2.13. The van der Waals surface area contributed by atoms with Gasteiger partial charge in [0.25, 0.3) is 0 Å². The lowest BCUT2D eigenvalue weighted by atomic mass is 10.2. The van der Waals surface area contributed by atoms with Crippen molar-refractivity contribution in [1.29, 1.82) is 0 Å². The minimum absolute atomic E-state index is 0.144. The number of amides is 2. The lowest BCUT2D eigenvalue weighted by Gasteiger charge is -2.38. The molecule has 1 aromatic heterocycles. The molecule has 6 nitrogen and oxygen atoms in total. The number of aryl methyl sites for hydroxylation is 1. The number of hydrogen-bond donors (Lipinski definition) is 2. The molecule has 0 aliphatic carbocycles. The molecule has 124 valence electrons. The van der Waals surface area contributed by atoms with Gasteiger partial charge in [-0.15, -0.1) is 11.3 Å². The number of nitrogens with zero attached hydrogens (tertiary/aromatic N) is 2. The zero-order valence-electron chi connectivity index (χ0n) is 13.8. The maximum absolute atomic E-state index is 11.9. The first-order valence-corrected chi connectivity index (χ1v) is 8.64. The maximum Gasteiger partial charge on any atom is 0.315 e. The number of ether oxygens (including phenoxy) is 1. The monoisotopic (exact) mass is 326 g/mol. The van der Waals surface area contributed by atoms with Gasteiger partial charge in [-0.05, 0) is 27.7 Å². The van der Waals surface area contributed by atoms with E-state index in [0.29, 0.717) is 19.1 Å². The third-order valence-electron chi connectivity index (χ3n) is 3.70. The maximum atomic E-state index is 11.9. The molecule has 0 saturated carbocycles. The number of aromatic nitrogens is 1. The van der Waals surface area contributed by atoms with Gasteiger partial charge in [-0.1, -0.05) is 0 Å². The van der Waals surface area contributed by atoms with Crippen molar-refractivity contribution in [3.8, 4) is 0 Å². The molecule has 1 saturated heterocycles. The lowest BCUT2D eigenvalue weighted by molar-refractivity contribution is -0.0778. The quantitative estimate of drug-likeness (QED) is 0.865. The van der Waals surface area contributed by atoms with Crippen molar-refractivity contribution >= 4 is 17.4 Å². The average Bonchev–Trinajstić information content (AvgIpc) is 2.87. The first kappa shape index (κ1) is 17.2. The fourth-order valence-electron chi connectivity index (χ4n) is 2.65. The Kier molecular flexibility index (Phi) is 6.16. The fraction of sp³-hybridized carbons (Fsp3) is 0.733. The van der Waals surface area contributed by atoms with Crippen molar-refractivity contribution in [3.05, 3.63) is 16.1 Å². The molecular weight excluding hydrogens is 300 g/mol. The second kappa shape index (κ2) is 7.89. The molecule has 0 bridgehead atoms. The third-order valence-corrected chi connectivity index (χ3v) is 4.66. The molecule has 1 aliphatic heterocycles. The number of urea groups is 1. The Hall–Kier alpha value is -1.18. The topological polar surface area (TPSA) is 66.5 Å². The van der Waals surface area contributed by atoms with Gasteiger partial charge < -0.3 is 15.4 Å². The van der Waals surface area contributed by atoms with Crippen LogP contribution in [0.15, 0.2) is 5.38 Å². The van der Waals surface area contributed by atoms with Crippen molar-refractivity contribution in [1.82, 2.24) is 20.5 Å². The van der Waals surface area contributed by atoms with Crippen LogP contribution in [0.1, 0.15) is 31.5 Å². The lowest BCUT2D eigenvalue weighted by Crippen LogP contribution is -2.52. The Morgan fingerprint density at radius 1 is 1.45 bits per heavy atom. The summed E-state index contributed by atoms with van der Waals surface area (Å²) in [4.78, 5) is 18.5. The van der Waals surface area contributed by atoms with E-state index in [1.54, 1.807) is 11.3 Å². The highest BCUT2D eigenvalue weighted by Gasteiger charge is 2.25. The van der Waals surface area contributed by atoms with E-state index in [2.05, 4.69) is 41.3 Å². The summed E-state index contributed by atoms with van der Waals surface area (Å²) >= 11 is 1.56. The Balaban J connectivity index is 1.69. The van der Waals surface area contributed by atoms with Gasteiger partial charge in [-0.25, -0.2) is 9.78 Å². The predicted octanol–water partition coefficient (Wildman–Crippen LogP) is 1.75. The Bertz CT molecular complexity index is 484. The predicted molar refractivity (Wildman–Crippen MR) is 88.1 cm³/mol. The number of carbonyl (C=O) groups is 1. The number of thiazole rings is 1. The van der Waals surface area contributed by atoms with Gasteiger partial charge in [-0.3, -0.25) is 4.90 Å². The van der Waals surface area contributed by atoms with Crippen molar-refractivity contribution in [2.24, 2.45) is 0 Å². The highest BCUT2D eigenvalue weighted by atomic mass is 32.1. The standard InChI is InChI=1S/C15H26N4O2S/c1-10-9-22-14(18-10)6-17-15(20)16-5-11(2)19-7-12(3)21-13(4)8-19/h9,11-13H,5-8H2,1-4H3,(H2,16,17,20)/t11-,12-,13+/m0/s1. The smallest absolute Gasteiger partial charge is 0.315 e. The van der Waals surface area contributed by atoms with E-state index in [4.69, 9.17) is 4.74 Å². The van der Waals surface area contributed by atoms with Crippen LogP contribution in [0.2, 0.25) is 0 Å². The van der Waals surface area contributed by atoms with Crippen molar-refractivity contribution in [2.75, 3.05) is 19.6 Å².